The molecule has 14 heavy (non-hydrogen) atoms. The van der Waals surface area contributed by atoms with Gasteiger partial charge in [-0.3, -0.25) is 0 Å². The van der Waals surface area contributed by atoms with Crippen LogP contribution in [0.25, 0.3) is 0 Å². The zero-order chi connectivity index (χ0) is 11.1. The second-order valence-corrected chi connectivity index (χ2v) is 3.84. The molecule has 1 rings (SSSR count). The van der Waals surface area contributed by atoms with Crippen LogP contribution in [0.4, 0.5) is 26.3 Å². The highest BCUT2D eigenvalue weighted by Gasteiger charge is 2.54. The van der Waals surface area contributed by atoms with E-state index >= 15 is 0 Å². The van der Waals surface area contributed by atoms with Gasteiger partial charge in [-0.15, -0.1) is 0 Å². The van der Waals surface area contributed by atoms with Crippen molar-refractivity contribution in [1.82, 2.24) is 0 Å². The van der Waals surface area contributed by atoms with E-state index in [0.29, 0.717) is 0 Å². The molecule has 0 aromatic carbocycles. The molecule has 3 unspecified atom stereocenters. The van der Waals surface area contributed by atoms with Crippen LogP contribution in [0.1, 0.15) is 19.8 Å². The molecule has 0 aliphatic heterocycles. The van der Waals surface area contributed by atoms with Gasteiger partial charge in [-0.1, -0.05) is 6.92 Å². The summed E-state index contributed by atoms with van der Waals surface area (Å²) in [6.45, 7) is 1.23. The Morgan fingerprint density at radius 2 is 1.36 bits per heavy atom. The van der Waals surface area contributed by atoms with Gasteiger partial charge >= 0.3 is 12.4 Å². The lowest BCUT2D eigenvalue weighted by molar-refractivity contribution is -0.194. The average molecular weight is 220 g/mol. The van der Waals surface area contributed by atoms with Crippen molar-refractivity contribution in [3.8, 4) is 0 Å². The lowest BCUT2D eigenvalue weighted by Crippen LogP contribution is -2.26. The van der Waals surface area contributed by atoms with Gasteiger partial charge in [0.1, 0.15) is 0 Å². The SMILES string of the molecule is CC1CC(C(F)(F)F)CC1C(F)(F)F. The van der Waals surface area contributed by atoms with Crippen molar-refractivity contribution in [2.24, 2.45) is 17.8 Å². The normalized spacial score (nSPS) is 34.9. The van der Waals surface area contributed by atoms with Crippen LogP contribution >= 0.6 is 0 Å². The number of hydrogen-bond acceptors (Lipinski definition) is 0. The topological polar surface area (TPSA) is 0 Å². The minimum atomic E-state index is -4.50. The maximum Gasteiger partial charge on any atom is 0.392 e. The summed E-state index contributed by atoms with van der Waals surface area (Å²) in [5, 5.41) is 0. The van der Waals surface area contributed by atoms with Gasteiger partial charge < -0.3 is 0 Å². The predicted molar refractivity (Wildman–Crippen MR) is 37.5 cm³/mol. The summed E-state index contributed by atoms with van der Waals surface area (Å²) < 4.78 is 73.0. The molecule has 84 valence electrons. The summed E-state index contributed by atoms with van der Waals surface area (Å²) >= 11 is 0. The molecule has 0 saturated heterocycles. The number of alkyl halides is 6. The minimum absolute atomic E-state index is 0.409. The molecule has 0 aromatic heterocycles. The highest BCUT2D eigenvalue weighted by atomic mass is 19.4. The Hall–Kier alpha value is -0.420. The van der Waals surface area contributed by atoms with E-state index in [1.165, 1.54) is 6.92 Å². The van der Waals surface area contributed by atoms with E-state index in [4.69, 9.17) is 0 Å². The Bertz CT molecular complexity index is 203. The molecule has 0 spiro atoms. The molecule has 0 bridgehead atoms. The highest BCUT2D eigenvalue weighted by Crippen LogP contribution is 2.50. The Labute approximate surface area is 77.3 Å². The van der Waals surface area contributed by atoms with Gasteiger partial charge in [0.2, 0.25) is 0 Å². The highest BCUT2D eigenvalue weighted by molar-refractivity contribution is 4.88. The maximum atomic E-state index is 12.2. The van der Waals surface area contributed by atoms with Crippen LogP contribution in [0.2, 0.25) is 0 Å². The molecule has 1 fully saturated rings. The van der Waals surface area contributed by atoms with Crippen molar-refractivity contribution in [3.63, 3.8) is 0 Å². The molecule has 0 aromatic rings. The third-order valence-electron chi connectivity index (χ3n) is 2.76. The van der Waals surface area contributed by atoms with Crippen molar-refractivity contribution < 1.29 is 26.3 Å². The van der Waals surface area contributed by atoms with Gasteiger partial charge in [-0.05, 0) is 18.8 Å². The molecular weight excluding hydrogens is 210 g/mol. The first-order valence-corrected chi connectivity index (χ1v) is 4.25. The Balaban J connectivity index is 2.70. The van der Waals surface area contributed by atoms with Crippen molar-refractivity contribution in [2.45, 2.75) is 32.1 Å². The molecular formula is C8H10F6. The molecule has 0 amide bonds. The number of halogens is 6. The zero-order valence-corrected chi connectivity index (χ0v) is 7.41. The van der Waals surface area contributed by atoms with E-state index in [1.807, 2.05) is 0 Å². The van der Waals surface area contributed by atoms with Crippen LogP contribution in [0, 0.1) is 17.8 Å². The summed E-state index contributed by atoms with van der Waals surface area (Å²) in [5.41, 5.74) is 0. The molecule has 0 nitrogen and oxygen atoms in total. The second-order valence-electron chi connectivity index (χ2n) is 3.84. The largest absolute Gasteiger partial charge is 0.392 e. The average Bonchev–Trinajstić information content (AvgIpc) is 2.27. The van der Waals surface area contributed by atoms with Gasteiger partial charge in [0, 0.05) is 0 Å². The number of rotatable bonds is 0. The van der Waals surface area contributed by atoms with Crippen molar-refractivity contribution in [2.75, 3.05) is 0 Å². The summed E-state index contributed by atoms with van der Waals surface area (Å²) in [6, 6.07) is 0. The van der Waals surface area contributed by atoms with Gasteiger partial charge in [-0.2, -0.15) is 26.3 Å². The Morgan fingerprint density at radius 3 is 1.57 bits per heavy atom. The summed E-state index contributed by atoms with van der Waals surface area (Å²) in [4.78, 5) is 0. The summed E-state index contributed by atoms with van der Waals surface area (Å²) in [7, 11) is 0. The van der Waals surface area contributed by atoms with E-state index in [2.05, 4.69) is 0 Å². The molecule has 1 aliphatic rings. The molecule has 0 heterocycles. The van der Waals surface area contributed by atoms with Crippen LogP contribution in [-0.4, -0.2) is 12.4 Å². The van der Waals surface area contributed by atoms with E-state index < -0.39 is 42.9 Å². The van der Waals surface area contributed by atoms with Gasteiger partial charge in [0.25, 0.3) is 0 Å². The third kappa shape index (κ3) is 2.33. The van der Waals surface area contributed by atoms with E-state index in [9.17, 15) is 26.3 Å². The molecule has 3 atom stereocenters. The Kier molecular flexibility index (Phi) is 2.75. The zero-order valence-electron chi connectivity index (χ0n) is 7.41. The molecule has 1 saturated carbocycles. The molecule has 0 radical (unpaired) electrons. The lowest BCUT2D eigenvalue weighted by Gasteiger charge is -2.18. The van der Waals surface area contributed by atoms with Crippen LogP contribution in [-0.2, 0) is 0 Å². The second kappa shape index (κ2) is 3.31. The van der Waals surface area contributed by atoms with Crippen LogP contribution < -0.4 is 0 Å². The van der Waals surface area contributed by atoms with Gasteiger partial charge in [-0.25, -0.2) is 0 Å². The van der Waals surface area contributed by atoms with E-state index in [0.717, 1.165) is 0 Å². The molecule has 1 aliphatic carbocycles. The summed E-state index contributed by atoms with van der Waals surface area (Å²) in [5.74, 6) is -4.51. The maximum absolute atomic E-state index is 12.2. The van der Waals surface area contributed by atoms with Crippen LogP contribution in [0.15, 0.2) is 0 Å². The van der Waals surface area contributed by atoms with E-state index in [1.54, 1.807) is 0 Å². The third-order valence-corrected chi connectivity index (χ3v) is 2.76. The van der Waals surface area contributed by atoms with Crippen molar-refractivity contribution in [3.05, 3.63) is 0 Å². The minimum Gasteiger partial charge on any atom is -0.171 e. The smallest absolute Gasteiger partial charge is 0.171 e. The fourth-order valence-electron chi connectivity index (χ4n) is 1.97. The van der Waals surface area contributed by atoms with Crippen molar-refractivity contribution in [1.29, 1.82) is 0 Å². The molecule has 6 heteroatoms. The van der Waals surface area contributed by atoms with Crippen LogP contribution in [0.5, 0.6) is 0 Å². The first-order chi connectivity index (χ1) is 6.12. The first-order valence-electron chi connectivity index (χ1n) is 4.25. The molecule has 0 N–H and O–H groups in total. The van der Waals surface area contributed by atoms with Gasteiger partial charge in [0.05, 0.1) is 11.8 Å². The van der Waals surface area contributed by atoms with E-state index in [-0.39, 0.29) is 0 Å². The Morgan fingerprint density at radius 1 is 0.857 bits per heavy atom. The lowest BCUT2D eigenvalue weighted by atomic mass is 9.98. The van der Waals surface area contributed by atoms with Crippen LogP contribution in [0.3, 0.4) is 0 Å². The van der Waals surface area contributed by atoms with Crippen molar-refractivity contribution >= 4 is 0 Å². The first kappa shape index (κ1) is 11.7. The predicted octanol–water partition coefficient (Wildman–Crippen LogP) is 3.77. The number of hydrogen-bond donors (Lipinski definition) is 0. The fourth-order valence-corrected chi connectivity index (χ4v) is 1.97. The monoisotopic (exact) mass is 220 g/mol. The fraction of sp³-hybridized carbons (Fsp3) is 1.00. The standard InChI is InChI=1S/C8H10F6/c1-4-2-5(7(9,10)11)3-6(4)8(12,13)14/h4-6H,2-3H2,1H3. The van der Waals surface area contributed by atoms with Gasteiger partial charge in [0.15, 0.2) is 0 Å². The quantitative estimate of drug-likeness (QED) is 0.545. The summed E-state index contributed by atoms with van der Waals surface area (Å²) in [6.07, 6.45) is -10.2.